The van der Waals surface area contributed by atoms with Gasteiger partial charge in [-0.05, 0) is 36.3 Å². The first kappa shape index (κ1) is 32.2. The zero-order chi connectivity index (χ0) is 29.9. The Bertz CT molecular complexity index is 1220. The maximum Gasteiger partial charge on any atom is 0.318 e. The Kier molecular flexibility index (Phi) is 12.3. The number of benzene rings is 2. The van der Waals surface area contributed by atoms with Crippen molar-refractivity contribution in [2.75, 3.05) is 7.05 Å². The summed E-state index contributed by atoms with van der Waals surface area (Å²) in [6, 6.07) is 17.7. The fourth-order valence-electron chi connectivity index (χ4n) is 4.62. The number of carbonyl (C=O) groups is 2. The van der Waals surface area contributed by atoms with E-state index in [1.54, 1.807) is 18.4 Å². The lowest BCUT2D eigenvalue weighted by atomic mass is 9.93. The molecule has 8 nitrogen and oxygen atoms in total. The quantitative estimate of drug-likeness (QED) is 0.224. The molecule has 0 spiro atoms. The molecule has 2 aromatic carbocycles. The highest BCUT2D eigenvalue weighted by Crippen LogP contribution is 2.20. The van der Waals surface area contributed by atoms with Crippen molar-refractivity contribution in [1.29, 1.82) is 0 Å². The fraction of sp³-hybridized carbons (Fsp3) is 0.469. The molecule has 3 aromatic rings. The van der Waals surface area contributed by atoms with E-state index in [0.29, 0.717) is 25.3 Å². The van der Waals surface area contributed by atoms with Crippen LogP contribution in [-0.4, -0.2) is 58.2 Å². The van der Waals surface area contributed by atoms with Gasteiger partial charge in [0, 0.05) is 30.4 Å². The number of nitrogens with one attached hydrogen (secondary N) is 2. The van der Waals surface area contributed by atoms with Gasteiger partial charge in [-0.25, -0.2) is 9.78 Å². The molecule has 0 aliphatic heterocycles. The minimum atomic E-state index is -0.823. The highest BCUT2D eigenvalue weighted by molar-refractivity contribution is 7.09. The molecule has 1 heterocycles. The third-order valence-corrected chi connectivity index (χ3v) is 8.24. The predicted molar refractivity (Wildman–Crippen MR) is 166 cm³/mol. The third kappa shape index (κ3) is 10.3. The highest BCUT2D eigenvalue weighted by atomic mass is 32.1. The van der Waals surface area contributed by atoms with Gasteiger partial charge in [0.1, 0.15) is 6.04 Å². The summed E-state index contributed by atoms with van der Waals surface area (Å²) in [5.74, 6) is -0.110. The smallest absolute Gasteiger partial charge is 0.318 e. The van der Waals surface area contributed by atoms with Crippen LogP contribution in [0.2, 0.25) is 0 Å². The first-order valence-electron chi connectivity index (χ1n) is 14.3. The lowest BCUT2D eigenvalue weighted by Gasteiger charge is -2.29. The second-order valence-corrected chi connectivity index (χ2v) is 12.3. The normalized spacial score (nSPS) is 14.4. The van der Waals surface area contributed by atoms with Gasteiger partial charge in [-0.3, -0.25) is 4.79 Å². The van der Waals surface area contributed by atoms with Crippen LogP contribution in [0.5, 0.6) is 0 Å². The number of aliphatic hydroxyl groups is 1. The molecule has 0 fully saturated rings. The number of hydrogen-bond acceptors (Lipinski definition) is 6. The van der Waals surface area contributed by atoms with Crippen LogP contribution in [0.3, 0.4) is 0 Å². The highest BCUT2D eigenvalue weighted by Gasteiger charge is 2.29. The number of amides is 3. The number of urea groups is 1. The molecule has 0 aliphatic carbocycles. The maximum atomic E-state index is 13.6. The van der Waals surface area contributed by atoms with Crippen LogP contribution < -0.4 is 16.4 Å². The maximum absolute atomic E-state index is 13.6. The third-order valence-electron chi connectivity index (χ3n) is 7.04. The number of hydrogen-bond donors (Lipinski definition) is 4. The lowest BCUT2D eigenvalue weighted by Crippen LogP contribution is -2.55. The molecule has 0 saturated carbocycles. The molecule has 0 aliphatic rings. The zero-order valence-electron chi connectivity index (χ0n) is 24.8. The van der Waals surface area contributed by atoms with E-state index in [1.807, 2.05) is 79.9 Å². The van der Waals surface area contributed by atoms with Gasteiger partial charge >= 0.3 is 6.03 Å². The summed E-state index contributed by atoms with van der Waals surface area (Å²) in [6.45, 7) is 8.33. The largest absolute Gasteiger partial charge is 0.391 e. The van der Waals surface area contributed by atoms with Crippen LogP contribution in [0.4, 0.5) is 4.79 Å². The topological polar surface area (TPSA) is 121 Å². The molecule has 0 bridgehead atoms. The van der Waals surface area contributed by atoms with E-state index in [0.717, 1.165) is 21.8 Å². The van der Waals surface area contributed by atoms with Crippen LogP contribution in [-0.2, 0) is 24.2 Å². The second-order valence-electron chi connectivity index (χ2n) is 11.4. The van der Waals surface area contributed by atoms with Crippen LogP contribution in [0.1, 0.15) is 61.9 Å². The Morgan fingerprint density at radius 3 is 2.07 bits per heavy atom. The summed E-state index contributed by atoms with van der Waals surface area (Å²) < 4.78 is 0. The van der Waals surface area contributed by atoms with E-state index in [-0.39, 0.29) is 30.3 Å². The van der Waals surface area contributed by atoms with E-state index < -0.39 is 18.2 Å². The Morgan fingerprint density at radius 2 is 1.54 bits per heavy atom. The molecule has 2 unspecified atom stereocenters. The van der Waals surface area contributed by atoms with Gasteiger partial charge in [-0.2, -0.15) is 0 Å². The summed E-state index contributed by atoms with van der Waals surface area (Å²) in [7, 11) is 1.70. The summed E-state index contributed by atoms with van der Waals surface area (Å²) in [6.07, 6.45) is 0.525. The Balaban J connectivity index is 1.66. The summed E-state index contributed by atoms with van der Waals surface area (Å²) >= 11 is 1.59. The molecule has 5 N–H and O–H groups in total. The van der Waals surface area contributed by atoms with Gasteiger partial charge in [0.15, 0.2) is 0 Å². The first-order valence-corrected chi connectivity index (χ1v) is 15.2. The fourth-order valence-corrected chi connectivity index (χ4v) is 5.45. The molecule has 0 radical (unpaired) electrons. The number of aliphatic hydroxyl groups excluding tert-OH is 1. The van der Waals surface area contributed by atoms with Crippen LogP contribution >= 0.6 is 11.3 Å². The van der Waals surface area contributed by atoms with E-state index in [2.05, 4.69) is 29.5 Å². The molecule has 3 rings (SSSR count). The van der Waals surface area contributed by atoms with Crippen molar-refractivity contribution in [3.63, 3.8) is 0 Å². The van der Waals surface area contributed by atoms with Crippen molar-refractivity contribution >= 4 is 23.3 Å². The predicted octanol–water partition coefficient (Wildman–Crippen LogP) is 4.48. The lowest BCUT2D eigenvalue weighted by molar-refractivity contribution is -0.124. The molecule has 1 aromatic heterocycles. The van der Waals surface area contributed by atoms with Gasteiger partial charge in [-0.15, -0.1) is 11.3 Å². The summed E-state index contributed by atoms with van der Waals surface area (Å²) in [5, 5.41) is 20.0. The molecule has 9 heteroatoms. The van der Waals surface area contributed by atoms with Crippen LogP contribution in [0, 0.1) is 5.92 Å². The number of nitrogens with two attached hydrogens (primary N) is 1. The van der Waals surface area contributed by atoms with Crippen molar-refractivity contribution in [3.05, 3.63) is 87.9 Å². The average molecular weight is 580 g/mol. The number of nitrogens with zero attached hydrogens (tertiary/aromatic N) is 2. The first-order chi connectivity index (χ1) is 19.5. The average Bonchev–Trinajstić information content (AvgIpc) is 3.41. The van der Waals surface area contributed by atoms with Gasteiger partial charge in [0.05, 0.1) is 23.4 Å². The summed E-state index contributed by atoms with van der Waals surface area (Å²) in [5.41, 5.74) is 9.29. The molecule has 4 atom stereocenters. The molecule has 222 valence electrons. The minimum absolute atomic E-state index is 0.151. The van der Waals surface area contributed by atoms with E-state index in [1.165, 1.54) is 4.90 Å². The molecule has 41 heavy (non-hydrogen) atoms. The van der Waals surface area contributed by atoms with E-state index in [9.17, 15) is 14.7 Å². The van der Waals surface area contributed by atoms with Gasteiger partial charge in [0.2, 0.25) is 5.91 Å². The zero-order valence-corrected chi connectivity index (χ0v) is 25.6. The van der Waals surface area contributed by atoms with Crippen molar-refractivity contribution in [2.24, 2.45) is 11.7 Å². The number of thiazole rings is 1. The molecular formula is C32H45N5O3S. The van der Waals surface area contributed by atoms with Gasteiger partial charge in [0.25, 0.3) is 0 Å². The van der Waals surface area contributed by atoms with Crippen molar-refractivity contribution < 1.29 is 14.7 Å². The Morgan fingerprint density at radius 1 is 0.951 bits per heavy atom. The van der Waals surface area contributed by atoms with Crippen molar-refractivity contribution in [3.8, 4) is 0 Å². The standard InChI is InChI=1S/C32H45N5O3S/c1-21(2)29(36-32(40)37(5)19-26-20-41-31(35-26)22(3)4)30(39)34-25(16-23-12-8-6-9-13-23)18-28(38)27(33)17-24-14-10-7-11-15-24/h6-15,20-22,25,27-29,38H,16-19,33H2,1-5H3,(H,34,39)(H,36,40)/t25?,27?,28-,29-/m0/s1. The molecule has 0 saturated heterocycles. The molecular weight excluding hydrogens is 534 g/mol. The minimum Gasteiger partial charge on any atom is -0.391 e. The second kappa shape index (κ2) is 15.7. The van der Waals surface area contributed by atoms with Crippen molar-refractivity contribution in [2.45, 2.75) is 83.6 Å². The van der Waals surface area contributed by atoms with Crippen LogP contribution in [0.15, 0.2) is 66.0 Å². The van der Waals surface area contributed by atoms with E-state index in [4.69, 9.17) is 5.73 Å². The Hall–Kier alpha value is -3.27. The monoisotopic (exact) mass is 579 g/mol. The number of carbonyl (C=O) groups excluding carboxylic acids is 2. The van der Waals surface area contributed by atoms with Crippen LogP contribution in [0.25, 0.3) is 0 Å². The van der Waals surface area contributed by atoms with Gasteiger partial charge < -0.3 is 26.4 Å². The van der Waals surface area contributed by atoms with Gasteiger partial charge in [-0.1, -0.05) is 88.4 Å². The van der Waals surface area contributed by atoms with E-state index >= 15 is 0 Å². The molecule has 3 amide bonds. The summed E-state index contributed by atoms with van der Waals surface area (Å²) in [4.78, 5) is 32.8. The Labute approximate surface area is 248 Å². The number of rotatable bonds is 14. The van der Waals surface area contributed by atoms with Crippen molar-refractivity contribution in [1.82, 2.24) is 20.5 Å². The SMILES string of the molecule is CC(C)c1nc(CN(C)C(=O)N[C@H](C(=O)NC(Cc2ccccc2)C[C@H](O)C(N)Cc2ccccc2)C(C)C)cs1. The number of aromatic nitrogens is 1.